The summed E-state index contributed by atoms with van der Waals surface area (Å²) in [6.07, 6.45) is 0.303. The van der Waals surface area contributed by atoms with Crippen molar-refractivity contribution >= 4 is 22.8 Å². The molecule has 0 radical (unpaired) electrons. The molecule has 2 rings (SSSR count). The van der Waals surface area contributed by atoms with Crippen LogP contribution in [-0.4, -0.2) is 17.6 Å². The molecule has 0 aliphatic carbocycles. The SMILES string of the molecule is O=C(Cc1ccccc1)NCC(=O)SCc1ccccc1. The third-order valence-electron chi connectivity index (χ3n) is 2.88. The molecular formula is C17H17NO2S. The van der Waals surface area contributed by atoms with Crippen LogP contribution in [0.2, 0.25) is 0 Å². The Bertz CT molecular complexity index is 584. The molecule has 2 aromatic rings. The van der Waals surface area contributed by atoms with Gasteiger partial charge < -0.3 is 5.32 Å². The normalized spacial score (nSPS) is 10.1. The molecule has 1 amide bonds. The number of amides is 1. The van der Waals surface area contributed by atoms with Crippen LogP contribution in [0.15, 0.2) is 60.7 Å². The summed E-state index contributed by atoms with van der Waals surface area (Å²) in [5.74, 6) is 0.503. The second-order valence-corrected chi connectivity index (χ2v) is 5.62. The zero-order valence-corrected chi connectivity index (χ0v) is 12.4. The van der Waals surface area contributed by atoms with E-state index in [1.807, 2.05) is 60.7 Å². The van der Waals surface area contributed by atoms with E-state index in [0.29, 0.717) is 12.2 Å². The van der Waals surface area contributed by atoms with E-state index in [2.05, 4.69) is 5.32 Å². The van der Waals surface area contributed by atoms with Crippen LogP contribution in [0.4, 0.5) is 0 Å². The summed E-state index contributed by atoms with van der Waals surface area (Å²) < 4.78 is 0. The zero-order valence-electron chi connectivity index (χ0n) is 11.6. The van der Waals surface area contributed by atoms with E-state index < -0.39 is 0 Å². The van der Waals surface area contributed by atoms with Crippen LogP contribution in [0.3, 0.4) is 0 Å². The van der Waals surface area contributed by atoms with Gasteiger partial charge in [0.15, 0.2) is 0 Å². The number of benzene rings is 2. The number of carbonyl (C=O) groups excluding carboxylic acids is 2. The molecule has 0 bridgehead atoms. The fourth-order valence-corrected chi connectivity index (χ4v) is 2.50. The van der Waals surface area contributed by atoms with Gasteiger partial charge in [-0.15, -0.1) is 0 Å². The third-order valence-corrected chi connectivity index (χ3v) is 3.82. The van der Waals surface area contributed by atoms with E-state index in [1.54, 1.807) is 0 Å². The molecule has 3 nitrogen and oxygen atoms in total. The highest BCUT2D eigenvalue weighted by atomic mass is 32.2. The molecule has 0 heterocycles. The van der Waals surface area contributed by atoms with Gasteiger partial charge in [-0.05, 0) is 11.1 Å². The van der Waals surface area contributed by atoms with Crippen molar-refractivity contribution in [2.45, 2.75) is 12.2 Å². The van der Waals surface area contributed by atoms with Crippen molar-refractivity contribution in [1.82, 2.24) is 5.32 Å². The first-order chi connectivity index (χ1) is 10.2. The lowest BCUT2D eigenvalue weighted by atomic mass is 10.1. The summed E-state index contributed by atoms with van der Waals surface area (Å²) in [6.45, 7) is 0.0726. The molecule has 0 aromatic heterocycles. The fourth-order valence-electron chi connectivity index (χ4n) is 1.80. The number of hydrogen-bond acceptors (Lipinski definition) is 3. The van der Waals surface area contributed by atoms with Crippen molar-refractivity contribution < 1.29 is 9.59 Å². The third kappa shape index (κ3) is 5.83. The largest absolute Gasteiger partial charge is 0.348 e. The zero-order chi connectivity index (χ0) is 14.9. The smallest absolute Gasteiger partial charge is 0.224 e. The van der Waals surface area contributed by atoms with Gasteiger partial charge in [0.25, 0.3) is 0 Å². The Morgan fingerprint density at radius 3 is 2.05 bits per heavy atom. The van der Waals surface area contributed by atoms with Crippen LogP contribution in [0.25, 0.3) is 0 Å². The Kier molecular flexibility index (Phi) is 6.03. The van der Waals surface area contributed by atoms with Gasteiger partial charge in [-0.2, -0.15) is 0 Å². The molecular weight excluding hydrogens is 282 g/mol. The lowest BCUT2D eigenvalue weighted by Gasteiger charge is -2.05. The van der Waals surface area contributed by atoms with Crippen LogP contribution < -0.4 is 5.32 Å². The lowest BCUT2D eigenvalue weighted by Crippen LogP contribution is -2.29. The molecule has 0 spiro atoms. The summed E-state index contributed by atoms with van der Waals surface area (Å²) >= 11 is 1.22. The minimum absolute atomic E-state index is 0.0275. The average Bonchev–Trinajstić information content (AvgIpc) is 2.53. The highest BCUT2D eigenvalue weighted by Crippen LogP contribution is 2.12. The molecule has 0 aliphatic heterocycles. The Hall–Kier alpha value is -2.07. The quantitative estimate of drug-likeness (QED) is 0.892. The van der Waals surface area contributed by atoms with Crippen LogP contribution in [0.1, 0.15) is 11.1 Å². The molecule has 0 fully saturated rings. The molecule has 108 valence electrons. The van der Waals surface area contributed by atoms with Gasteiger partial charge in [0.1, 0.15) is 0 Å². The second-order valence-electron chi connectivity index (χ2n) is 4.59. The maximum Gasteiger partial charge on any atom is 0.224 e. The Morgan fingerprint density at radius 2 is 1.43 bits per heavy atom. The predicted octanol–water partition coefficient (Wildman–Crippen LogP) is 2.81. The van der Waals surface area contributed by atoms with Crippen LogP contribution in [-0.2, 0) is 21.8 Å². The topological polar surface area (TPSA) is 46.2 Å². The Morgan fingerprint density at radius 1 is 0.857 bits per heavy atom. The highest BCUT2D eigenvalue weighted by Gasteiger charge is 2.07. The summed E-state index contributed by atoms with van der Waals surface area (Å²) in [4.78, 5) is 23.4. The van der Waals surface area contributed by atoms with Crippen molar-refractivity contribution in [3.8, 4) is 0 Å². The van der Waals surface area contributed by atoms with E-state index >= 15 is 0 Å². The monoisotopic (exact) mass is 299 g/mol. The summed E-state index contributed by atoms with van der Waals surface area (Å²) in [5, 5.41) is 2.63. The number of rotatable bonds is 6. The molecule has 0 atom stereocenters. The molecule has 0 saturated carbocycles. The maximum atomic E-state index is 11.7. The van der Waals surface area contributed by atoms with E-state index in [-0.39, 0.29) is 17.6 Å². The number of thioether (sulfide) groups is 1. The van der Waals surface area contributed by atoms with Crippen LogP contribution in [0.5, 0.6) is 0 Å². The van der Waals surface area contributed by atoms with Gasteiger partial charge in [0.05, 0.1) is 13.0 Å². The van der Waals surface area contributed by atoms with Crippen molar-refractivity contribution in [1.29, 1.82) is 0 Å². The maximum absolute atomic E-state index is 11.7. The van der Waals surface area contributed by atoms with Gasteiger partial charge in [-0.1, -0.05) is 72.4 Å². The Labute approximate surface area is 128 Å². The first-order valence-corrected chi connectivity index (χ1v) is 7.73. The molecule has 4 heteroatoms. The lowest BCUT2D eigenvalue weighted by molar-refractivity contribution is -0.122. The van der Waals surface area contributed by atoms with E-state index in [9.17, 15) is 9.59 Å². The molecule has 2 aromatic carbocycles. The molecule has 0 aliphatic rings. The van der Waals surface area contributed by atoms with Crippen molar-refractivity contribution in [2.75, 3.05) is 6.54 Å². The van der Waals surface area contributed by atoms with Crippen molar-refractivity contribution in [3.63, 3.8) is 0 Å². The highest BCUT2D eigenvalue weighted by molar-refractivity contribution is 8.13. The fraction of sp³-hybridized carbons (Fsp3) is 0.176. The summed E-state index contributed by atoms with van der Waals surface area (Å²) in [7, 11) is 0. The molecule has 0 saturated heterocycles. The number of hydrogen-bond donors (Lipinski definition) is 1. The molecule has 1 N–H and O–H groups in total. The van der Waals surface area contributed by atoms with E-state index in [4.69, 9.17) is 0 Å². The first kappa shape index (κ1) is 15.3. The van der Waals surface area contributed by atoms with Gasteiger partial charge in [0.2, 0.25) is 11.0 Å². The summed E-state index contributed by atoms with van der Waals surface area (Å²) in [6, 6.07) is 19.3. The van der Waals surface area contributed by atoms with Crippen LogP contribution in [0, 0.1) is 0 Å². The Balaban J connectivity index is 1.68. The summed E-state index contributed by atoms with van der Waals surface area (Å²) in [5.41, 5.74) is 2.05. The minimum atomic E-state index is -0.130. The molecule has 0 unspecified atom stereocenters. The van der Waals surface area contributed by atoms with Crippen molar-refractivity contribution in [2.24, 2.45) is 0 Å². The molecule has 21 heavy (non-hydrogen) atoms. The van der Waals surface area contributed by atoms with Gasteiger partial charge in [-0.25, -0.2) is 0 Å². The van der Waals surface area contributed by atoms with Gasteiger partial charge >= 0.3 is 0 Å². The van der Waals surface area contributed by atoms with E-state index in [0.717, 1.165) is 11.1 Å². The first-order valence-electron chi connectivity index (χ1n) is 6.74. The van der Waals surface area contributed by atoms with Crippen molar-refractivity contribution in [3.05, 3.63) is 71.8 Å². The minimum Gasteiger partial charge on any atom is -0.348 e. The van der Waals surface area contributed by atoms with E-state index in [1.165, 1.54) is 11.8 Å². The van der Waals surface area contributed by atoms with Gasteiger partial charge in [-0.3, -0.25) is 9.59 Å². The average molecular weight is 299 g/mol. The number of nitrogens with one attached hydrogen (secondary N) is 1. The second kappa shape index (κ2) is 8.27. The number of carbonyl (C=O) groups is 2. The van der Waals surface area contributed by atoms with Gasteiger partial charge in [0, 0.05) is 5.75 Å². The standard InChI is InChI=1S/C17H17NO2S/c19-16(11-14-7-3-1-4-8-14)18-12-17(20)21-13-15-9-5-2-6-10-15/h1-10H,11-13H2,(H,18,19). The predicted molar refractivity (Wildman–Crippen MR) is 85.9 cm³/mol. The van der Waals surface area contributed by atoms with Crippen LogP contribution >= 0.6 is 11.8 Å².